The molecule has 4 aromatic rings. The zero-order chi connectivity index (χ0) is 21.2. The molecule has 0 aliphatic carbocycles. The summed E-state index contributed by atoms with van der Waals surface area (Å²) in [4.78, 5) is 19.5. The number of hydrogen-bond acceptors (Lipinski definition) is 4. The molecule has 0 spiro atoms. The van der Waals surface area contributed by atoms with Crippen LogP contribution in [0.3, 0.4) is 0 Å². The topological polar surface area (TPSA) is 65.5 Å². The van der Waals surface area contributed by atoms with E-state index >= 15 is 0 Å². The fourth-order valence-corrected chi connectivity index (χ4v) is 4.14. The smallest absolute Gasteiger partial charge is 0.262 e. The molecule has 31 heavy (non-hydrogen) atoms. The zero-order valence-corrected chi connectivity index (χ0v) is 17.0. The molecule has 0 saturated heterocycles. The van der Waals surface area contributed by atoms with Crippen molar-refractivity contribution < 1.29 is 9.90 Å². The van der Waals surface area contributed by atoms with Crippen LogP contribution in [0.4, 0.5) is 11.5 Å². The number of carbonyl (C=O) groups is 1. The molecule has 1 atom stereocenters. The number of rotatable bonds is 5. The van der Waals surface area contributed by atoms with Crippen molar-refractivity contribution in [1.82, 2.24) is 4.98 Å². The summed E-state index contributed by atoms with van der Waals surface area (Å²) < 4.78 is 0. The monoisotopic (exact) mass is 409 g/mol. The summed E-state index contributed by atoms with van der Waals surface area (Å²) in [5, 5.41) is 16.1. The molecule has 1 aromatic heterocycles. The SMILES string of the molecule is O=C(c1cccnc1NCC(O)c1ccc2ccccc2c1)N1CCc2ccccc21. The van der Waals surface area contributed by atoms with E-state index in [0.29, 0.717) is 17.9 Å². The van der Waals surface area contributed by atoms with Gasteiger partial charge in [0.2, 0.25) is 0 Å². The molecule has 1 aliphatic rings. The third-order valence-electron chi connectivity index (χ3n) is 5.79. The summed E-state index contributed by atoms with van der Waals surface area (Å²) in [5.74, 6) is 0.400. The lowest BCUT2D eigenvalue weighted by molar-refractivity contribution is 0.0989. The normalized spacial score (nSPS) is 13.8. The Bertz CT molecular complexity index is 1250. The minimum absolute atomic E-state index is 0.0826. The van der Waals surface area contributed by atoms with Gasteiger partial charge in [0, 0.05) is 25.0 Å². The Balaban J connectivity index is 1.34. The van der Waals surface area contributed by atoms with E-state index in [-0.39, 0.29) is 12.5 Å². The molecule has 0 saturated carbocycles. The number of carbonyl (C=O) groups excluding carboxylic acids is 1. The van der Waals surface area contributed by atoms with Gasteiger partial charge in [-0.15, -0.1) is 0 Å². The number of para-hydroxylation sites is 1. The summed E-state index contributed by atoms with van der Waals surface area (Å²) in [6.45, 7) is 0.915. The molecule has 5 nitrogen and oxygen atoms in total. The number of amides is 1. The number of nitrogens with one attached hydrogen (secondary N) is 1. The van der Waals surface area contributed by atoms with Gasteiger partial charge in [-0.05, 0) is 52.6 Å². The van der Waals surface area contributed by atoms with Crippen LogP contribution in [0.25, 0.3) is 10.8 Å². The highest BCUT2D eigenvalue weighted by Gasteiger charge is 2.27. The number of pyridine rings is 1. The Labute approximate surface area is 181 Å². The molecule has 2 N–H and O–H groups in total. The van der Waals surface area contributed by atoms with Crippen molar-refractivity contribution in [2.75, 3.05) is 23.3 Å². The molecule has 3 aromatic carbocycles. The van der Waals surface area contributed by atoms with Gasteiger partial charge in [0.15, 0.2) is 0 Å². The number of aromatic nitrogens is 1. The summed E-state index contributed by atoms with van der Waals surface area (Å²) in [6, 6.07) is 25.5. The number of hydrogen-bond donors (Lipinski definition) is 2. The predicted molar refractivity (Wildman–Crippen MR) is 123 cm³/mol. The van der Waals surface area contributed by atoms with E-state index in [2.05, 4.69) is 16.4 Å². The average Bonchev–Trinajstić information content (AvgIpc) is 3.26. The van der Waals surface area contributed by atoms with Crippen molar-refractivity contribution in [3.8, 4) is 0 Å². The Hall–Kier alpha value is -3.70. The molecular weight excluding hydrogens is 386 g/mol. The molecule has 1 amide bonds. The van der Waals surface area contributed by atoms with E-state index < -0.39 is 6.10 Å². The largest absolute Gasteiger partial charge is 0.387 e. The van der Waals surface area contributed by atoms with Crippen molar-refractivity contribution in [3.63, 3.8) is 0 Å². The molecule has 0 radical (unpaired) electrons. The number of aliphatic hydroxyl groups excluding tert-OH is 1. The maximum atomic E-state index is 13.3. The maximum Gasteiger partial charge on any atom is 0.262 e. The molecule has 5 heteroatoms. The third-order valence-corrected chi connectivity index (χ3v) is 5.79. The van der Waals surface area contributed by atoms with Crippen LogP contribution in [0.15, 0.2) is 85.1 Å². The fourth-order valence-electron chi connectivity index (χ4n) is 4.14. The standard InChI is InChI=1S/C26H23N3O2/c30-24(21-12-11-18-6-1-2-8-20(18)16-21)17-28-25-22(9-5-14-27-25)26(31)29-15-13-19-7-3-4-10-23(19)29/h1-12,14,16,24,30H,13,15,17H2,(H,27,28). The molecule has 1 aliphatic heterocycles. The van der Waals surface area contributed by atoms with Gasteiger partial charge in [-0.1, -0.05) is 54.6 Å². The first-order chi connectivity index (χ1) is 15.2. The second-order valence-corrected chi connectivity index (χ2v) is 7.74. The van der Waals surface area contributed by atoms with Crippen molar-refractivity contribution in [2.45, 2.75) is 12.5 Å². The Morgan fingerprint density at radius 2 is 1.81 bits per heavy atom. The van der Waals surface area contributed by atoms with E-state index in [1.165, 1.54) is 5.56 Å². The molecule has 5 rings (SSSR count). The van der Waals surface area contributed by atoms with E-state index in [9.17, 15) is 9.90 Å². The zero-order valence-electron chi connectivity index (χ0n) is 17.0. The lowest BCUT2D eigenvalue weighted by atomic mass is 10.0. The van der Waals surface area contributed by atoms with Crippen molar-refractivity contribution in [3.05, 3.63) is 102 Å². The Morgan fingerprint density at radius 3 is 2.71 bits per heavy atom. The highest BCUT2D eigenvalue weighted by molar-refractivity contribution is 6.10. The fraction of sp³-hybridized carbons (Fsp3) is 0.154. The lowest BCUT2D eigenvalue weighted by Gasteiger charge is -2.20. The lowest BCUT2D eigenvalue weighted by Crippen LogP contribution is -2.30. The van der Waals surface area contributed by atoms with Gasteiger partial charge in [-0.2, -0.15) is 0 Å². The van der Waals surface area contributed by atoms with Crippen LogP contribution < -0.4 is 10.2 Å². The van der Waals surface area contributed by atoms with Crippen molar-refractivity contribution in [1.29, 1.82) is 0 Å². The van der Waals surface area contributed by atoms with Gasteiger partial charge in [-0.25, -0.2) is 4.98 Å². The van der Waals surface area contributed by atoms with Crippen molar-refractivity contribution in [2.24, 2.45) is 0 Å². The van der Waals surface area contributed by atoms with E-state index in [1.54, 1.807) is 23.2 Å². The van der Waals surface area contributed by atoms with Gasteiger partial charge < -0.3 is 15.3 Å². The highest BCUT2D eigenvalue weighted by atomic mass is 16.3. The summed E-state index contributed by atoms with van der Waals surface area (Å²) in [6.07, 6.45) is 1.78. The number of nitrogens with zero attached hydrogens (tertiary/aromatic N) is 2. The number of benzene rings is 3. The van der Waals surface area contributed by atoms with E-state index in [4.69, 9.17) is 0 Å². The Kier molecular flexibility index (Phi) is 5.10. The molecular formula is C26H23N3O2. The predicted octanol–water partition coefficient (Wildman–Crippen LogP) is 4.58. The summed E-state index contributed by atoms with van der Waals surface area (Å²) in [7, 11) is 0. The van der Waals surface area contributed by atoms with E-state index in [0.717, 1.165) is 28.4 Å². The third kappa shape index (κ3) is 3.76. The first-order valence-electron chi connectivity index (χ1n) is 10.5. The average molecular weight is 409 g/mol. The summed E-state index contributed by atoms with van der Waals surface area (Å²) in [5.41, 5.74) is 3.47. The van der Waals surface area contributed by atoms with Gasteiger partial charge in [0.1, 0.15) is 5.82 Å². The molecule has 0 bridgehead atoms. The highest BCUT2D eigenvalue weighted by Crippen LogP contribution is 2.30. The second-order valence-electron chi connectivity index (χ2n) is 7.74. The van der Waals surface area contributed by atoms with Gasteiger partial charge in [0.05, 0.1) is 11.7 Å². The minimum atomic E-state index is -0.720. The molecule has 1 unspecified atom stereocenters. The van der Waals surface area contributed by atoms with Crippen LogP contribution in [0.2, 0.25) is 0 Å². The van der Waals surface area contributed by atoms with Crippen LogP contribution >= 0.6 is 0 Å². The Morgan fingerprint density at radius 1 is 1.00 bits per heavy atom. The first-order valence-corrected chi connectivity index (χ1v) is 10.5. The minimum Gasteiger partial charge on any atom is -0.387 e. The first kappa shape index (κ1) is 19.3. The quantitative estimate of drug-likeness (QED) is 0.506. The van der Waals surface area contributed by atoms with Crippen LogP contribution in [0.1, 0.15) is 27.6 Å². The van der Waals surface area contributed by atoms with Crippen molar-refractivity contribution >= 4 is 28.2 Å². The number of aliphatic hydroxyl groups is 1. The molecule has 2 heterocycles. The van der Waals surface area contributed by atoms with Gasteiger partial charge in [0.25, 0.3) is 5.91 Å². The van der Waals surface area contributed by atoms with Gasteiger partial charge in [-0.3, -0.25) is 4.79 Å². The van der Waals surface area contributed by atoms with E-state index in [1.807, 2.05) is 60.7 Å². The van der Waals surface area contributed by atoms with Crippen LogP contribution in [-0.2, 0) is 6.42 Å². The maximum absolute atomic E-state index is 13.3. The van der Waals surface area contributed by atoms with Crippen LogP contribution in [0.5, 0.6) is 0 Å². The number of anilines is 2. The van der Waals surface area contributed by atoms with Crippen LogP contribution in [-0.4, -0.2) is 29.1 Å². The molecule has 0 fully saturated rings. The van der Waals surface area contributed by atoms with Crippen LogP contribution in [0, 0.1) is 0 Å². The second kappa shape index (κ2) is 8.20. The molecule has 154 valence electrons. The van der Waals surface area contributed by atoms with Gasteiger partial charge >= 0.3 is 0 Å². The number of fused-ring (bicyclic) bond motifs is 2. The summed E-state index contributed by atoms with van der Waals surface area (Å²) >= 11 is 0.